The molecule has 0 atom stereocenters. The van der Waals surface area contributed by atoms with Crippen LogP contribution in [0.5, 0.6) is 5.75 Å². The maximum Gasteiger partial charge on any atom is 0.244 e. The van der Waals surface area contributed by atoms with E-state index in [0.717, 1.165) is 0 Å². The van der Waals surface area contributed by atoms with Crippen LogP contribution in [-0.2, 0) is 0 Å². The van der Waals surface area contributed by atoms with Gasteiger partial charge in [-0.3, -0.25) is 9.59 Å². The van der Waals surface area contributed by atoms with Gasteiger partial charge in [-0.15, -0.1) is 4.91 Å². The van der Waals surface area contributed by atoms with Crippen molar-refractivity contribution in [3.05, 3.63) is 36.1 Å². The number of nitrogens with zero attached hydrogens (tertiary/aromatic N) is 3. The fourth-order valence-electron chi connectivity index (χ4n) is 0.923. The number of aromatic hydroxyl groups is 1. The van der Waals surface area contributed by atoms with Crippen LogP contribution in [0.3, 0.4) is 0 Å². The highest BCUT2D eigenvalue weighted by Gasteiger charge is 2.17. The minimum Gasteiger partial charge on any atom is -0.503 e. The lowest BCUT2D eigenvalue weighted by Crippen LogP contribution is -2.47. The first-order chi connectivity index (χ1) is 7.08. The van der Waals surface area contributed by atoms with Crippen LogP contribution in [0, 0.1) is 4.91 Å². The number of hydrogen-bond acceptors (Lipinski definition) is 9. The van der Waals surface area contributed by atoms with Gasteiger partial charge in [0.1, 0.15) is 0 Å². The van der Waals surface area contributed by atoms with Crippen LogP contribution in [0.25, 0.3) is 0 Å². The molecule has 0 aliphatic heterocycles. The molecule has 0 aromatic heterocycles. The second kappa shape index (κ2) is 3.65. The Morgan fingerprint density at radius 1 is 0.933 bits per heavy atom. The molecule has 9 heteroatoms. The lowest BCUT2D eigenvalue weighted by molar-refractivity contribution is 0.292. The third kappa shape index (κ3) is 1.35. The average molecular weight is 213 g/mol. The fourth-order valence-corrected chi connectivity index (χ4v) is 0.923. The van der Waals surface area contributed by atoms with Crippen molar-refractivity contribution in [2.45, 2.75) is 0 Å². The number of phenols is 1. The van der Waals surface area contributed by atoms with Gasteiger partial charge in [0.25, 0.3) is 0 Å². The molecular formula is C6H3N3O6. The van der Waals surface area contributed by atoms with Gasteiger partial charge in [0.2, 0.25) is 21.9 Å². The van der Waals surface area contributed by atoms with Crippen molar-refractivity contribution < 1.29 is 15.5 Å². The molecule has 0 heterocycles. The normalized spacial score (nSPS) is 13.1. The Labute approximate surface area is 79.5 Å². The Balaban J connectivity index is 4.21. The van der Waals surface area contributed by atoms with Gasteiger partial charge in [0, 0.05) is 0 Å². The van der Waals surface area contributed by atoms with Crippen molar-refractivity contribution in [3.63, 3.8) is 0 Å². The maximum absolute atomic E-state index is 11.1. The number of phenolic OH excluding ortho intramolecular Hbond substituents is 1. The second-order valence-corrected chi connectivity index (χ2v) is 2.34. The molecule has 1 aromatic carbocycles. The molecule has 0 aliphatic carbocycles. The molecule has 15 heavy (non-hydrogen) atoms. The van der Waals surface area contributed by atoms with Gasteiger partial charge in [-0.1, -0.05) is 10.3 Å². The Morgan fingerprint density at radius 2 is 1.47 bits per heavy atom. The summed E-state index contributed by atoms with van der Waals surface area (Å²) in [6, 6.07) is 0. The summed E-state index contributed by atoms with van der Waals surface area (Å²) in [6.07, 6.45) is 0. The maximum atomic E-state index is 11.1. The topological polar surface area (TPSA) is 149 Å². The van der Waals surface area contributed by atoms with Crippen LogP contribution in [0.4, 0.5) is 5.69 Å². The number of hydrogen-bond donors (Lipinski definition) is 3. The molecule has 0 spiro atoms. The second-order valence-electron chi connectivity index (χ2n) is 2.34. The van der Waals surface area contributed by atoms with Gasteiger partial charge in [-0.05, 0) is 5.18 Å². The first-order valence-electron chi connectivity index (χ1n) is 3.39. The quantitative estimate of drug-likeness (QED) is 0.278. The zero-order chi connectivity index (χ0) is 11.6. The highest BCUT2D eigenvalue weighted by atomic mass is 16.4. The van der Waals surface area contributed by atoms with Gasteiger partial charge in [-0.2, -0.15) is 0 Å². The van der Waals surface area contributed by atoms with Crippen molar-refractivity contribution in [3.8, 4) is 5.75 Å². The van der Waals surface area contributed by atoms with E-state index in [1.165, 1.54) is 0 Å². The number of nitroso groups, excluding NO2 is 1. The zero-order valence-electron chi connectivity index (χ0n) is 6.91. The Hall–Kier alpha value is -2.58. The molecule has 1 aromatic rings. The molecule has 9 nitrogen and oxygen atoms in total. The van der Waals surface area contributed by atoms with Crippen LogP contribution < -0.4 is 21.6 Å². The van der Waals surface area contributed by atoms with Crippen molar-refractivity contribution in [1.29, 1.82) is 0 Å². The summed E-state index contributed by atoms with van der Waals surface area (Å²) in [7, 11) is 0. The summed E-state index contributed by atoms with van der Waals surface area (Å²) >= 11 is 0. The number of rotatable bonds is 1. The molecule has 0 amide bonds. The van der Waals surface area contributed by atoms with Crippen LogP contribution in [0.2, 0.25) is 0 Å². The van der Waals surface area contributed by atoms with Gasteiger partial charge in [0.05, 0.1) is 0 Å². The van der Waals surface area contributed by atoms with Crippen molar-refractivity contribution in [2.24, 2.45) is 15.5 Å². The first kappa shape index (κ1) is 10.5. The van der Waals surface area contributed by atoms with Gasteiger partial charge < -0.3 is 15.5 Å². The van der Waals surface area contributed by atoms with E-state index >= 15 is 0 Å². The standard InChI is InChI=1S/C6H3N3O6/c10-4-1(7-13)5(11)3(9-15)6(12)2(4)8-14/h10,13,15H/b7-1+,9-3+. The summed E-state index contributed by atoms with van der Waals surface area (Å²) in [6.45, 7) is 0. The average Bonchev–Trinajstić information content (AvgIpc) is 2.19. The lowest BCUT2D eigenvalue weighted by Gasteiger charge is -1.91. The van der Waals surface area contributed by atoms with Gasteiger partial charge >= 0.3 is 0 Å². The molecule has 0 saturated heterocycles. The summed E-state index contributed by atoms with van der Waals surface area (Å²) < 4.78 is 0. The fraction of sp³-hybridized carbons (Fsp3) is 0. The van der Waals surface area contributed by atoms with Crippen LogP contribution in [-0.4, -0.2) is 15.5 Å². The molecule has 0 unspecified atom stereocenters. The van der Waals surface area contributed by atoms with Crippen molar-refractivity contribution in [1.82, 2.24) is 0 Å². The summed E-state index contributed by atoms with van der Waals surface area (Å²) in [5.74, 6) is -1.16. The van der Waals surface area contributed by atoms with E-state index in [-0.39, 0.29) is 0 Å². The Bertz CT molecular complexity index is 624. The predicted molar refractivity (Wildman–Crippen MR) is 43.2 cm³/mol. The molecule has 0 aliphatic rings. The van der Waals surface area contributed by atoms with E-state index in [2.05, 4.69) is 15.5 Å². The first-order valence-corrected chi connectivity index (χ1v) is 3.39. The van der Waals surface area contributed by atoms with Gasteiger partial charge in [0.15, 0.2) is 11.1 Å². The van der Waals surface area contributed by atoms with Crippen LogP contribution in [0.1, 0.15) is 0 Å². The van der Waals surface area contributed by atoms with Crippen LogP contribution in [0.15, 0.2) is 25.1 Å². The van der Waals surface area contributed by atoms with E-state index in [4.69, 9.17) is 15.5 Å². The monoisotopic (exact) mass is 213 g/mol. The molecule has 0 saturated carbocycles. The summed E-state index contributed by atoms with van der Waals surface area (Å²) in [5.41, 5.74) is -3.72. The highest BCUT2D eigenvalue weighted by Crippen LogP contribution is 2.12. The molecule has 0 radical (unpaired) electrons. The van der Waals surface area contributed by atoms with Crippen LogP contribution >= 0.6 is 0 Å². The van der Waals surface area contributed by atoms with E-state index in [1.54, 1.807) is 0 Å². The molecule has 0 bridgehead atoms. The van der Waals surface area contributed by atoms with Crippen molar-refractivity contribution in [2.75, 3.05) is 0 Å². The predicted octanol–water partition coefficient (Wildman–Crippen LogP) is -2.03. The third-order valence-electron chi connectivity index (χ3n) is 1.60. The smallest absolute Gasteiger partial charge is 0.244 e. The molecule has 1 rings (SSSR count). The molecule has 3 N–H and O–H groups in total. The van der Waals surface area contributed by atoms with Crippen molar-refractivity contribution >= 4 is 5.69 Å². The SMILES string of the molecule is O=Nc1c(O)/c(=N\O)c(=O)/c(=N\O)c1=O. The Morgan fingerprint density at radius 3 is 1.87 bits per heavy atom. The summed E-state index contributed by atoms with van der Waals surface area (Å²) in [4.78, 5) is 32.4. The molecule has 0 fully saturated rings. The highest BCUT2D eigenvalue weighted by molar-refractivity contribution is 5.49. The molecule has 78 valence electrons. The van der Waals surface area contributed by atoms with E-state index in [1.807, 2.05) is 0 Å². The number of benzene rings is 1. The minimum atomic E-state index is -1.34. The largest absolute Gasteiger partial charge is 0.503 e. The summed E-state index contributed by atoms with van der Waals surface area (Å²) in [5, 5.41) is 30.5. The Kier molecular flexibility index (Phi) is 2.56. The molecular weight excluding hydrogens is 210 g/mol. The third-order valence-corrected chi connectivity index (χ3v) is 1.60. The lowest BCUT2D eigenvalue weighted by atomic mass is 10.2. The minimum absolute atomic E-state index is 0.989. The van der Waals surface area contributed by atoms with E-state index in [0.29, 0.717) is 0 Å². The zero-order valence-corrected chi connectivity index (χ0v) is 6.91. The van der Waals surface area contributed by atoms with E-state index in [9.17, 15) is 14.5 Å². The van der Waals surface area contributed by atoms with E-state index < -0.39 is 33.0 Å². The van der Waals surface area contributed by atoms with Gasteiger partial charge in [-0.25, -0.2) is 0 Å².